The molecule has 0 aliphatic carbocycles. The Bertz CT molecular complexity index is 798. The first-order chi connectivity index (χ1) is 13.2. The van der Waals surface area contributed by atoms with E-state index in [4.69, 9.17) is 9.47 Å². The predicted octanol–water partition coefficient (Wildman–Crippen LogP) is 3.35. The maximum atomic E-state index is 5.42. The van der Waals surface area contributed by atoms with E-state index >= 15 is 0 Å². The zero-order valence-electron chi connectivity index (χ0n) is 16.7. The smallest absolute Gasteiger partial charge is 0.231 e. The molecule has 6 nitrogen and oxygen atoms in total. The number of aliphatic imine (C=N–C) groups is 1. The van der Waals surface area contributed by atoms with Gasteiger partial charge in [0.25, 0.3) is 0 Å². The van der Waals surface area contributed by atoms with Crippen LogP contribution in [0, 0.1) is 0 Å². The lowest BCUT2D eigenvalue weighted by atomic mass is 10.1. The lowest BCUT2D eigenvalue weighted by Gasteiger charge is -2.15. The highest BCUT2D eigenvalue weighted by atomic mass is 127. The van der Waals surface area contributed by atoms with Gasteiger partial charge < -0.3 is 25.0 Å². The maximum Gasteiger partial charge on any atom is 0.231 e. The van der Waals surface area contributed by atoms with Crippen LogP contribution in [0.3, 0.4) is 0 Å². The minimum Gasteiger partial charge on any atom is -0.454 e. The summed E-state index contributed by atoms with van der Waals surface area (Å²) in [4.78, 5) is 6.60. The molecule has 7 heteroatoms. The summed E-state index contributed by atoms with van der Waals surface area (Å²) in [5, 5.41) is 6.71. The summed E-state index contributed by atoms with van der Waals surface area (Å²) in [6.45, 7) is 5.85. The topological polar surface area (TPSA) is 58.1 Å². The molecule has 2 N–H and O–H groups in total. The Morgan fingerprint density at radius 1 is 1.00 bits per heavy atom. The molecule has 0 fully saturated rings. The van der Waals surface area contributed by atoms with Crippen molar-refractivity contribution in [2.24, 2.45) is 4.99 Å². The highest BCUT2D eigenvalue weighted by molar-refractivity contribution is 14.0. The average Bonchev–Trinajstić information content (AvgIpc) is 3.16. The molecule has 2 aromatic rings. The summed E-state index contributed by atoms with van der Waals surface area (Å²) in [5.74, 6) is 2.37. The molecule has 0 radical (unpaired) electrons. The summed E-state index contributed by atoms with van der Waals surface area (Å²) >= 11 is 0. The number of benzene rings is 2. The largest absolute Gasteiger partial charge is 0.454 e. The van der Waals surface area contributed by atoms with Crippen LogP contribution in [0.4, 0.5) is 0 Å². The fourth-order valence-corrected chi connectivity index (χ4v) is 2.90. The van der Waals surface area contributed by atoms with Crippen molar-refractivity contribution < 1.29 is 9.47 Å². The second-order valence-electron chi connectivity index (χ2n) is 6.62. The van der Waals surface area contributed by atoms with E-state index in [2.05, 4.69) is 58.8 Å². The van der Waals surface area contributed by atoms with Crippen LogP contribution in [0.15, 0.2) is 47.5 Å². The zero-order valence-corrected chi connectivity index (χ0v) is 19.0. The van der Waals surface area contributed by atoms with Gasteiger partial charge in [-0.2, -0.15) is 0 Å². The third-order valence-electron chi connectivity index (χ3n) is 4.56. The second-order valence-corrected chi connectivity index (χ2v) is 6.62. The fraction of sp³-hybridized carbons (Fsp3) is 0.381. The van der Waals surface area contributed by atoms with Crippen molar-refractivity contribution in [3.05, 3.63) is 59.2 Å². The number of halogens is 1. The third-order valence-corrected chi connectivity index (χ3v) is 4.56. The highest BCUT2D eigenvalue weighted by Crippen LogP contribution is 2.32. The fourth-order valence-electron chi connectivity index (χ4n) is 2.90. The highest BCUT2D eigenvalue weighted by Gasteiger charge is 2.13. The summed E-state index contributed by atoms with van der Waals surface area (Å²) in [6.07, 6.45) is 0. The minimum atomic E-state index is 0. The first-order valence-electron chi connectivity index (χ1n) is 9.27. The Kier molecular flexibility index (Phi) is 8.85. The van der Waals surface area contributed by atoms with E-state index in [1.807, 2.05) is 18.2 Å². The van der Waals surface area contributed by atoms with E-state index in [9.17, 15) is 0 Å². The van der Waals surface area contributed by atoms with Crippen LogP contribution in [0.1, 0.15) is 23.6 Å². The summed E-state index contributed by atoms with van der Waals surface area (Å²) in [6, 6.07) is 14.6. The number of hydrogen-bond donors (Lipinski definition) is 2. The molecule has 1 heterocycles. The molecule has 1 aliphatic heterocycles. The van der Waals surface area contributed by atoms with Crippen LogP contribution >= 0.6 is 24.0 Å². The molecule has 0 spiro atoms. The quantitative estimate of drug-likeness (QED) is 0.350. The van der Waals surface area contributed by atoms with E-state index in [1.54, 1.807) is 7.05 Å². The summed E-state index contributed by atoms with van der Waals surface area (Å²) in [7, 11) is 3.91. The molecule has 2 aromatic carbocycles. The van der Waals surface area contributed by atoms with Crippen molar-refractivity contribution in [2.45, 2.75) is 26.6 Å². The van der Waals surface area contributed by atoms with Crippen molar-refractivity contribution in [1.29, 1.82) is 0 Å². The first kappa shape index (κ1) is 22.3. The Morgan fingerprint density at radius 2 is 1.68 bits per heavy atom. The van der Waals surface area contributed by atoms with Gasteiger partial charge in [-0.3, -0.25) is 4.99 Å². The summed E-state index contributed by atoms with van der Waals surface area (Å²) < 4.78 is 10.8. The van der Waals surface area contributed by atoms with Gasteiger partial charge in [0.2, 0.25) is 6.79 Å². The monoisotopic (exact) mass is 496 g/mol. The van der Waals surface area contributed by atoms with Crippen LogP contribution in [0.25, 0.3) is 0 Å². The van der Waals surface area contributed by atoms with E-state index in [1.165, 1.54) is 11.1 Å². The molecule has 0 aromatic heterocycles. The standard InChI is InChI=1S/C21H28N4O2.HI/c1-4-25(3)14-18-7-5-6-16(10-18)12-23-21(22-2)24-13-17-8-9-19-20(11-17)27-15-26-19;/h5-11H,4,12-15H2,1-3H3,(H2,22,23,24);1H. The van der Waals surface area contributed by atoms with Gasteiger partial charge >= 0.3 is 0 Å². The van der Waals surface area contributed by atoms with E-state index in [-0.39, 0.29) is 24.0 Å². The molecule has 28 heavy (non-hydrogen) atoms. The molecule has 1 aliphatic rings. The molecule has 0 unspecified atom stereocenters. The van der Waals surface area contributed by atoms with Crippen molar-refractivity contribution in [2.75, 3.05) is 27.4 Å². The molecule has 0 saturated heterocycles. The van der Waals surface area contributed by atoms with E-state index in [0.717, 1.165) is 42.7 Å². The lowest BCUT2D eigenvalue weighted by molar-refractivity contribution is 0.174. The van der Waals surface area contributed by atoms with Gasteiger partial charge in [0.05, 0.1) is 0 Å². The molecule has 0 saturated carbocycles. The molecule has 3 rings (SSSR count). The number of nitrogens with zero attached hydrogens (tertiary/aromatic N) is 2. The van der Waals surface area contributed by atoms with Gasteiger partial charge in [0, 0.05) is 26.7 Å². The van der Waals surface area contributed by atoms with Crippen LogP contribution in [-0.2, 0) is 19.6 Å². The van der Waals surface area contributed by atoms with Gasteiger partial charge in [0.1, 0.15) is 0 Å². The zero-order chi connectivity index (χ0) is 19.1. The van der Waals surface area contributed by atoms with Crippen molar-refractivity contribution >= 4 is 29.9 Å². The average molecular weight is 496 g/mol. The Balaban J connectivity index is 0.00000280. The van der Waals surface area contributed by atoms with E-state index in [0.29, 0.717) is 13.3 Å². The predicted molar refractivity (Wildman–Crippen MR) is 123 cm³/mol. The van der Waals surface area contributed by atoms with Gasteiger partial charge in [-0.05, 0) is 42.4 Å². The lowest BCUT2D eigenvalue weighted by Crippen LogP contribution is -2.36. The second kappa shape index (κ2) is 11.1. The number of hydrogen-bond acceptors (Lipinski definition) is 4. The van der Waals surface area contributed by atoms with E-state index < -0.39 is 0 Å². The number of ether oxygens (including phenoxy) is 2. The molecule has 0 bridgehead atoms. The molecular weight excluding hydrogens is 467 g/mol. The third kappa shape index (κ3) is 6.27. The van der Waals surface area contributed by atoms with Crippen LogP contribution in [0.2, 0.25) is 0 Å². The van der Waals surface area contributed by atoms with Crippen LogP contribution < -0.4 is 20.1 Å². The van der Waals surface area contributed by atoms with Crippen LogP contribution in [-0.4, -0.2) is 38.3 Å². The maximum absolute atomic E-state index is 5.42. The normalized spacial score (nSPS) is 12.6. The number of rotatable bonds is 7. The van der Waals surface area contributed by atoms with Crippen LogP contribution in [0.5, 0.6) is 11.5 Å². The van der Waals surface area contributed by atoms with Crippen molar-refractivity contribution in [1.82, 2.24) is 15.5 Å². The minimum absolute atomic E-state index is 0. The number of fused-ring (bicyclic) bond motifs is 1. The van der Waals surface area contributed by atoms with Gasteiger partial charge in [0.15, 0.2) is 17.5 Å². The summed E-state index contributed by atoms with van der Waals surface area (Å²) in [5.41, 5.74) is 3.68. The molecule has 0 amide bonds. The SMILES string of the molecule is CCN(C)Cc1cccc(CNC(=NC)NCc2ccc3c(c2)OCO3)c1.I. The van der Waals surface area contributed by atoms with Crippen molar-refractivity contribution in [3.8, 4) is 11.5 Å². The van der Waals surface area contributed by atoms with Gasteiger partial charge in [-0.15, -0.1) is 24.0 Å². The van der Waals surface area contributed by atoms with Gasteiger partial charge in [-0.1, -0.05) is 37.3 Å². The molecule has 0 atom stereocenters. The van der Waals surface area contributed by atoms with Crippen molar-refractivity contribution in [3.63, 3.8) is 0 Å². The number of guanidine groups is 1. The van der Waals surface area contributed by atoms with Gasteiger partial charge in [-0.25, -0.2) is 0 Å². The number of nitrogens with one attached hydrogen (secondary N) is 2. The Morgan fingerprint density at radius 3 is 2.39 bits per heavy atom. The molecule has 152 valence electrons. The molecular formula is C21H29IN4O2. The Labute approximate surface area is 184 Å². The first-order valence-corrected chi connectivity index (χ1v) is 9.27. The Hall–Kier alpha value is -2.00.